The van der Waals surface area contributed by atoms with E-state index in [9.17, 15) is 14.4 Å². The van der Waals surface area contributed by atoms with Gasteiger partial charge in [-0.1, -0.05) is 36.9 Å². The number of nitrogens with zero attached hydrogens (tertiary/aromatic N) is 1. The Bertz CT molecular complexity index is 924. The summed E-state index contributed by atoms with van der Waals surface area (Å²) in [7, 11) is 1.29. The molecular formula is C23H29NO8S. The van der Waals surface area contributed by atoms with Gasteiger partial charge >= 0.3 is 12.1 Å². The van der Waals surface area contributed by atoms with Crippen molar-refractivity contribution in [1.29, 1.82) is 0 Å². The van der Waals surface area contributed by atoms with Crippen molar-refractivity contribution in [1.82, 2.24) is 4.90 Å². The molecule has 0 N–H and O–H groups in total. The van der Waals surface area contributed by atoms with Gasteiger partial charge in [0.25, 0.3) is 0 Å². The van der Waals surface area contributed by atoms with E-state index in [-0.39, 0.29) is 12.5 Å². The van der Waals surface area contributed by atoms with E-state index in [1.54, 1.807) is 13.8 Å². The van der Waals surface area contributed by atoms with Gasteiger partial charge in [0.15, 0.2) is 5.79 Å². The summed E-state index contributed by atoms with van der Waals surface area (Å²) in [5.41, 5.74) is 0. The standard InChI is InChI=1S/C23H29NO8S/c1-6-15-18(31-22(3,4)30-15)19-17-16(29-21(27)24(17)13(2)25)12-23(32-19,20(26)28-5)33-14-10-8-7-9-11-14/h7-11,15-19H,6,12H2,1-5H3/t15-,16-,17-,18-,19?,23+/m1/s1. The predicted molar refractivity (Wildman–Crippen MR) is 117 cm³/mol. The fraction of sp³-hybridized carbons (Fsp3) is 0.609. The number of benzene rings is 1. The SMILES string of the molecule is CC[C@H]1OC(C)(C)O[C@H]1C1O[C@@](Sc2ccccc2)(C(=O)OC)C[C@H]2OC(=O)N(C(C)=O)[C@@H]12. The number of fused-ring (bicyclic) bond motifs is 1. The Morgan fingerprint density at radius 1 is 1.15 bits per heavy atom. The summed E-state index contributed by atoms with van der Waals surface area (Å²) in [6.07, 6.45) is -2.80. The minimum atomic E-state index is -1.51. The summed E-state index contributed by atoms with van der Waals surface area (Å²) in [6, 6.07) is 8.53. The second-order valence-corrected chi connectivity index (χ2v) is 10.1. The zero-order valence-corrected chi connectivity index (χ0v) is 20.1. The molecule has 0 radical (unpaired) electrons. The summed E-state index contributed by atoms with van der Waals surface area (Å²) in [5, 5.41) is 0. The highest BCUT2D eigenvalue weighted by atomic mass is 32.2. The van der Waals surface area contributed by atoms with E-state index >= 15 is 0 Å². The number of carbonyl (C=O) groups excluding carboxylic acids is 3. The Kier molecular flexibility index (Phi) is 6.47. The summed E-state index contributed by atoms with van der Waals surface area (Å²) in [6.45, 7) is 6.84. The van der Waals surface area contributed by atoms with Crippen molar-refractivity contribution in [2.45, 2.75) is 86.6 Å². The normalized spacial score (nSPS) is 35.1. The number of hydrogen-bond donors (Lipinski definition) is 0. The molecule has 3 heterocycles. The lowest BCUT2D eigenvalue weighted by Crippen LogP contribution is -2.64. The van der Waals surface area contributed by atoms with Crippen molar-refractivity contribution >= 4 is 29.7 Å². The van der Waals surface area contributed by atoms with E-state index in [0.29, 0.717) is 6.42 Å². The molecule has 0 aromatic heterocycles. The van der Waals surface area contributed by atoms with Gasteiger partial charge < -0.3 is 23.7 Å². The smallest absolute Gasteiger partial charge is 0.417 e. The molecule has 180 valence electrons. The second-order valence-electron chi connectivity index (χ2n) is 8.79. The first-order valence-electron chi connectivity index (χ1n) is 11.0. The molecule has 10 heteroatoms. The Morgan fingerprint density at radius 3 is 2.45 bits per heavy atom. The number of imide groups is 1. The molecule has 6 atom stereocenters. The van der Waals surface area contributed by atoms with Gasteiger partial charge in [-0.3, -0.25) is 4.79 Å². The van der Waals surface area contributed by atoms with Crippen LogP contribution in [0.25, 0.3) is 0 Å². The average molecular weight is 480 g/mol. The molecule has 9 nitrogen and oxygen atoms in total. The molecule has 1 aromatic rings. The highest BCUT2D eigenvalue weighted by Crippen LogP contribution is 2.49. The van der Waals surface area contributed by atoms with Gasteiger partial charge in [-0.05, 0) is 32.4 Å². The number of rotatable bonds is 5. The number of amides is 2. The molecule has 0 aliphatic carbocycles. The quantitative estimate of drug-likeness (QED) is 0.590. The van der Waals surface area contributed by atoms with Crippen molar-refractivity contribution in [3.8, 4) is 0 Å². The first kappa shape index (κ1) is 24.0. The third-order valence-corrected chi connectivity index (χ3v) is 7.34. The Balaban J connectivity index is 1.79. The molecule has 1 aromatic carbocycles. The van der Waals surface area contributed by atoms with Crippen LogP contribution in [0.1, 0.15) is 40.5 Å². The van der Waals surface area contributed by atoms with Crippen molar-refractivity contribution < 1.29 is 38.1 Å². The van der Waals surface area contributed by atoms with E-state index in [2.05, 4.69) is 0 Å². The van der Waals surface area contributed by atoms with Crippen LogP contribution < -0.4 is 0 Å². The molecule has 3 fully saturated rings. The van der Waals surface area contributed by atoms with Crippen LogP contribution in [-0.4, -0.2) is 71.2 Å². The fourth-order valence-corrected chi connectivity index (χ4v) is 6.05. The maximum atomic E-state index is 13.2. The van der Waals surface area contributed by atoms with Crippen LogP contribution in [0.5, 0.6) is 0 Å². The predicted octanol–water partition coefficient (Wildman–Crippen LogP) is 3.10. The molecule has 2 amide bonds. The molecule has 0 saturated carbocycles. The molecule has 3 saturated heterocycles. The zero-order valence-electron chi connectivity index (χ0n) is 19.3. The van der Waals surface area contributed by atoms with Crippen LogP contribution >= 0.6 is 11.8 Å². The lowest BCUT2D eigenvalue weighted by molar-refractivity contribution is -0.207. The summed E-state index contributed by atoms with van der Waals surface area (Å²) < 4.78 is 29.5. The molecular weight excluding hydrogens is 450 g/mol. The van der Waals surface area contributed by atoms with Crippen molar-refractivity contribution in [2.75, 3.05) is 7.11 Å². The van der Waals surface area contributed by atoms with Crippen LogP contribution in [0.3, 0.4) is 0 Å². The van der Waals surface area contributed by atoms with E-state index < -0.39 is 53.0 Å². The Hall–Kier alpha value is -2.14. The molecule has 33 heavy (non-hydrogen) atoms. The van der Waals surface area contributed by atoms with Gasteiger partial charge in [-0.2, -0.15) is 0 Å². The first-order chi connectivity index (χ1) is 15.6. The monoisotopic (exact) mass is 479 g/mol. The fourth-order valence-electron chi connectivity index (χ4n) is 4.80. The van der Waals surface area contributed by atoms with Gasteiger partial charge in [0.05, 0.1) is 13.2 Å². The average Bonchev–Trinajstić information content (AvgIpc) is 3.27. The second kappa shape index (κ2) is 8.90. The maximum absolute atomic E-state index is 13.2. The van der Waals surface area contributed by atoms with E-state index in [1.807, 2.05) is 37.3 Å². The lowest BCUT2D eigenvalue weighted by Gasteiger charge is -2.46. The van der Waals surface area contributed by atoms with Gasteiger partial charge in [0, 0.05) is 18.2 Å². The van der Waals surface area contributed by atoms with Gasteiger partial charge in [0.1, 0.15) is 24.4 Å². The van der Waals surface area contributed by atoms with Crippen molar-refractivity contribution in [3.63, 3.8) is 0 Å². The molecule has 4 rings (SSSR count). The van der Waals surface area contributed by atoms with Crippen molar-refractivity contribution in [3.05, 3.63) is 30.3 Å². The first-order valence-corrected chi connectivity index (χ1v) is 11.8. The third-order valence-electron chi connectivity index (χ3n) is 6.07. The van der Waals surface area contributed by atoms with E-state index in [0.717, 1.165) is 9.80 Å². The molecule has 1 unspecified atom stereocenters. The number of esters is 1. The van der Waals surface area contributed by atoms with Crippen LogP contribution in [0.4, 0.5) is 4.79 Å². The summed E-state index contributed by atoms with van der Waals surface area (Å²) in [5.74, 6) is -1.97. The largest absolute Gasteiger partial charge is 0.466 e. The topological polar surface area (TPSA) is 101 Å². The number of carbonyl (C=O) groups is 3. The maximum Gasteiger partial charge on any atom is 0.417 e. The summed E-state index contributed by atoms with van der Waals surface area (Å²) >= 11 is 1.19. The number of thioether (sulfide) groups is 1. The number of hydrogen-bond acceptors (Lipinski definition) is 9. The number of ether oxygens (including phenoxy) is 5. The summed E-state index contributed by atoms with van der Waals surface area (Å²) in [4.78, 5) is 38.5. The molecule has 0 spiro atoms. The minimum absolute atomic E-state index is 0.0175. The molecule has 0 bridgehead atoms. The van der Waals surface area contributed by atoms with Crippen LogP contribution in [0.15, 0.2) is 35.2 Å². The van der Waals surface area contributed by atoms with Crippen LogP contribution in [0.2, 0.25) is 0 Å². The van der Waals surface area contributed by atoms with Crippen LogP contribution in [-0.2, 0) is 33.3 Å². The van der Waals surface area contributed by atoms with Crippen molar-refractivity contribution in [2.24, 2.45) is 0 Å². The van der Waals surface area contributed by atoms with Gasteiger partial charge in [-0.15, -0.1) is 0 Å². The Morgan fingerprint density at radius 2 is 1.85 bits per heavy atom. The van der Waals surface area contributed by atoms with Crippen LogP contribution in [0, 0.1) is 0 Å². The van der Waals surface area contributed by atoms with E-state index in [4.69, 9.17) is 23.7 Å². The molecule has 3 aliphatic rings. The van der Waals surface area contributed by atoms with Gasteiger partial charge in [0.2, 0.25) is 10.8 Å². The highest BCUT2D eigenvalue weighted by molar-refractivity contribution is 8.01. The Labute approximate surface area is 197 Å². The minimum Gasteiger partial charge on any atom is -0.466 e. The van der Waals surface area contributed by atoms with E-state index in [1.165, 1.54) is 25.8 Å². The lowest BCUT2D eigenvalue weighted by atomic mass is 9.89. The molecule has 3 aliphatic heterocycles. The zero-order chi connectivity index (χ0) is 24.0. The van der Waals surface area contributed by atoms with Gasteiger partial charge in [-0.25, -0.2) is 14.5 Å². The highest BCUT2D eigenvalue weighted by Gasteiger charge is 2.64. The number of methoxy groups -OCH3 is 1. The third kappa shape index (κ3) is 4.37.